The highest BCUT2D eigenvalue weighted by atomic mass is 32.1. The van der Waals surface area contributed by atoms with Gasteiger partial charge >= 0.3 is 0 Å². The number of thiazole rings is 1. The number of aryl methyl sites for hydroxylation is 1. The number of benzene rings is 1. The van der Waals surface area contributed by atoms with Gasteiger partial charge in [-0.05, 0) is 19.1 Å². The molecule has 0 bridgehead atoms. The van der Waals surface area contributed by atoms with Crippen LogP contribution in [0, 0.1) is 6.92 Å². The molecule has 1 fully saturated rings. The minimum absolute atomic E-state index is 0.0951. The van der Waals surface area contributed by atoms with Gasteiger partial charge in [-0.1, -0.05) is 29.5 Å². The first-order chi connectivity index (χ1) is 12.6. The van der Waals surface area contributed by atoms with Gasteiger partial charge in [-0.25, -0.2) is 4.98 Å². The first-order valence-electron chi connectivity index (χ1n) is 8.47. The molecule has 0 aliphatic carbocycles. The van der Waals surface area contributed by atoms with Crippen LogP contribution in [-0.2, 0) is 9.53 Å². The molecule has 1 unspecified atom stereocenters. The number of aromatic nitrogens is 1. The van der Waals surface area contributed by atoms with Crippen molar-refractivity contribution < 1.29 is 14.3 Å². The molecule has 3 rings (SSSR count). The fourth-order valence-corrected chi connectivity index (χ4v) is 3.75. The zero-order valence-corrected chi connectivity index (χ0v) is 15.6. The van der Waals surface area contributed by atoms with Crippen LogP contribution in [0.5, 0.6) is 0 Å². The van der Waals surface area contributed by atoms with Crippen molar-refractivity contribution >= 4 is 34.0 Å². The van der Waals surface area contributed by atoms with Gasteiger partial charge in [0.15, 0.2) is 5.13 Å². The third-order valence-electron chi connectivity index (χ3n) is 4.17. The van der Waals surface area contributed by atoms with Crippen LogP contribution in [0.3, 0.4) is 0 Å². The zero-order valence-electron chi connectivity index (χ0n) is 14.8. The highest BCUT2D eigenvalue weighted by Gasteiger charge is 2.31. The fraction of sp³-hybridized carbons (Fsp3) is 0.389. The summed E-state index contributed by atoms with van der Waals surface area (Å²) in [6.07, 6.45) is 0.192. The summed E-state index contributed by atoms with van der Waals surface area (Å²) in [7, 11) is 1.78. The largest absolute Gasteiger partial charge is 0.377 e. The minimum atomic E-state index is -0.292. The number of amides is 2. The second kappa shape index (κ2) is 8.29. The average molecular weight is 374 g/mol. The van der Waals surface area contributed by atoms with E-state index in [4.69, 9.17) is 4.74 Å². The van der Waals surface area contributed by atoms with Gasteiger partial charge in [-0.3, -0.25) is 9.59 Å². The van der Waals surface area contributed by atoms with Gasteiger partial charge in [0, 0.05) is 25.7 Å². The number of morpholine rings is 1. The lowest BCUT2D eigenvalue weighted by Crippen LogP contribution is -2.50. The first-order valence-corrected chi connectivity index (χ1v) is 9.29. The lowest BCUT2D eigenvalue weighted by atomic mass is 10.1. The standard InChI is InChI=1S/C18H22N4O3S/c1-12-16(26-18(19-2)20-12)17(24)22-8-9-25-11-14(22)10-15(23)21-13-6-4-3-5-7-13/h3-7,14H,8-11H2,1-2H3,(H,19,20)(H,21,23). The number of carbonyl (C=O) groups is 2. The summed E-state index contributed by atoms with van der Waals surface area (Å²) in [4.78, 5) is 32.0. The molecular formula is C18H22N4O3S. The number of ether oxygens (including phenoxy) is 1. The molecule has 1 aromatic heterocycles. The van der Waals surface area contributed by atoms with Crippen molar-refractivity contribution in [2.24, 2.45) is 0 Å². The van der Waals surface area contributed by atoms with E-state index in [1.165, 1.54) is 11.3 Å². The normalized spacial score (nSPS) is 17.0. The van der Waals surface area contributed by atoms with Crippen LogP contribution in [0.25, 0.3) is 0 Å². The monoisotopic (exact) mass is 374 g/mol. The number of para-hydroxylation sites is 1. The SMILES string of the molecule is CNc1nc(C)c(C(=O)N2CCOCC2CC(=O)Nc2ccccc2)s1. The molecule has 1 saturated heterocycles. The first kappa shape index (κ1) is 18.3. The van der Waals surface area contributed by atoms with E-state index in [0.717, 1.165) is 5.69 Å². The van der Waals surface area contributed by atoms with E-state index in [0.29, 0.717) is 35.5 Å². The van der Waals surface area contributed by atoms with E-state index in [2.05, 4.69) is 15.6 Å². The molecule has 1 aromatic carbocycles. The molecule has 26 heavy (non-hydrogen) atoms. The lowest BCUT2D eigenvalue weighted by Gasteiger charge is -2.35. The van der Waals surface area contributed by atoms with Crippen LogP contribution in [-0.4, -0.2) is 54.5 Å². The molecule has 2 heterocycles. The molecule has 7 nitrogen and oxygen atoms in total. The molecule has 2 aromatic rings. The molecule has 2 N–H and O–H groups in total. The van der Waals surface area contributed by atoms with Gasteiger partial charge in [0.1, 0.15) is 4.88 Å². The molecule has 138 valence electrons. The molecule has 1 aliphatic heterocycles. The van der Waals surface area contributed by atoms with Crippen molar-refractivity contribution in [1.29, 1.82) is 0 Å². The second-order valence-corrected chi connectivity index (χ2v) is 7.03. The maximum atomic E-state index is 13.0. The Morgan fingerprint density at radius 2 is 2.12 bits per heavy atom. The van der Waals surface area contributed by atoms with Gasteiger partial charge in [0.2, 0.25) is 5.91 Å². The number of hydrogen-bond acceptors (Lipinski definition) is 6. The van der Waals surface area contributed by atoms with Crippen molar-refractivity contribution in [2.45, 2.75) is 19.4 Å². The lowest BCUT2D eigenvalue weighted by molar-refractivity contribution is -0.118. The van der Waals surface area contributed by atoms with Crippen LogP contribution >= 0.6 is 11.3 Å². The summed E-state index contributed by atoms with van der Waals surface area (Å²) in [6, 6.07) is 8.99. The molecule has 1 aliphatic rings. The Bertz CT molecular complexity index is 778. The van der Waals surface area contributed by atoms with E-state index < -0.39 is 0 Å². The van der Waals surface area contributed by atoms with Gasteiger partial charge in [-0.15, -0.1) is 0 Å². The topological polar surface area (TPSA) is 83.6 Å². The van der Waals surface area contributed by atoms with E-state index in [9.17, 15) is 9.59 Å². The van der Waals surface area contributed by atoms with Crippen LogP contribution < -0.4 is 10.6 Å². The Morgan fingerprint density at radius 1 is 1.35 bits per heavy atom. The number of rotatable bonds is 5. The van der Waals surface area contributed by atoms with E-state index in [1.807, 2.05) is 37.3 Å². The second-order valence-electron chi connectivity index (χ2n) is 6.03. The zero-order chi connectivity index (χ0) is 18.5. The van der Waals surface area contributed by atoms with Gasteiger partial charge < -0.3 is 20.3 Å². The summed E-state index contributed by atoms with van der Waals surface area (Å²) in [5.74, 6) is -0.233. The highest BCUT2D eigenvalue weighted by molar-refractivity contribution is 7.17. The number of nitrogens with one attached hydrogen (secondary N) is 2. The summed E-state index contributed by atoms with van der Waals surface area (Å²) < 4.78 is 5.51. The predicted molar refractivity (Wildman–Crippen MR) is 102 cm³/mol. The predicted octanol–water partition coefficient (Wildman–Crippen LogP) is 2.36. The van der Waals surface area contributed by atoms with Crippen molar-refractivity contribution in [3.8, 4) is 0 Å². The quantitative estimate of drug-likeness (QED) is 0.839. The van der Waals surface area contributed by atoms with Gasteiger partial charge in [0.05, 0.1) is 24.9 Å². The number of carbonyl (C=O) groups excluding carboxylic acids is 2. The van der Waals surface area contributed by atoms with Crippen molar-refractivity contribution in [3.05, 3.63) is 40.9 Å². The average Bonchev–Trinajstić information content (AvgIpc) is 3.03. The van der Waals surface area contributed by atoms with E-state index >= 15 is 0 Å². The smallest absolute Gasteiger partial charge is 0.266 e. The fourth-order valence-electron chi connectivity index (χ4n) is 2.87. The Balaban J connectivity index is 1.70. The van der Waals surface area contributed by atoms with Gasteiger partial charge in [0.25, 0.3) is 5.91 Å². The maximum absolute atomic E-state index is 13.0. The van der Waals surface area contributed by atoms with E-state index in [-0.39, 0.29) is 24.3 Å². The van der Waals surface area contributed by atoms with Gasteiger partial charge in [-0.2, -0.15) is 0 Å². The van der Waals surface area contributed by atoms with Crippen LogP contribution in [0.1, 0.15) is 21.8 Å². The third kappa shape index (κ3) is 4.20. The summed E-state index contributed by atoms with van der Waals surface area (Å²) in [6.45, 7) is 3.11. The summed E-state index contributed by atoms with van der Waals surface area (Å²) in [5, 5.41) is 6.53. The van der Waals surface area contributed by atoms with Crippen molar-refractivity contribution in [2.75, 3.05) is 37.4 Å². The Hall–Kier alpha value is -2.45. The molecule has 0 saturated carbocycles. The summed E-state index contributed by atoms with van der Waals surface area (Å²) in [5.41, 5.74) is 1.44. The maximum Gasteiger partial charge on any atom is 0.266 e. The molecule has 0 spiro atoms. The number of anilines is 2. The Labute approximate surface area is 156 Å². The molecular weight excluding hydrogens is 352 g/mol. The van der Waals surface area contributed by atoms with Crippen molar-refractivity contribution in [1.82, 2.24) is 9.88 Å². The molecule has 1 atom stereocenters. The van der Waals surface area contributed by atoms with Crippen molar-refractivity contribution in [3.63, 3.8) is 0 Å². The van der Waals surface area contributed by atoms with E-state index in [1.54, 1.807) is 11.9 Å². The molecule has 8 heteroatoms. The Morgan fingerprint density at radius 3 is 2.81 bits per heavy atom. The third-order valence-corrected chi connectivity index (χ3v) is 5.33. The molecule has 2 amide bonds. The van der Waals surface area contributed by atoms with Crippen LogP contribution in [0.15, 0.2) is 30.3 Å². The van der Waals surface area contributed by atoms with Crippen LogP contribution in [0.4, 0.5) is 10.8 Å². The van der Waals surface area contributed by atoms with Crippen LogP contribution in [0.2, 0.25) is 0 Å². The molecule has 0 radical (unpaired) electrons. The minimum Gasteiger partial charge on any atom is -0.377 e. The summed E-state index contributed by atoms with van der Waals surface area (Å²) >= 11 is 1.33. The number of nitrogens with zero attached hydrogens (tertiary/aromatic N) is 2. The number of hydrogen-bond donors (Lipinski definition) is 2. The Kier molecular flexibility index (Phi) is 5.85. The highest BCUT2D eigenvalue weighted by Crippen LogP contribution is 2.25.